The number of benzene rings is 11. The molecule has 0 atom stereocenters. The Bertz CT molecular complexity index is 3340. The Morgan fingerprint density at radius 3 is 1.24 bits per heavy atom. The maximum atomic E-state index is 2.44. The van der Waals surface area contributed by atoms with Gasteiger partial charge in [0.05, 0.1) is 5.69 Å². The van der Waals surface area contributed by atoms with Crippen LogP contribution in [-0.2, 0) is 0 Å². The third-order valence-electron chi connectivity index (χ3n) is 12.3. The molecule has 0 bridgehead atoms. The predicted octanol–water partition coefficient (Wildman–Crippen LogP) is 17.5. The molecule has 0 amide bonds. The van der Waals surface area contributed by atoms with Crippen molar-refractivity contribution in [1.29, 1.82) is 0 Å². The minimum atomic E-state index is 1.08. The SMILES string of the molecule is c1ccc(-c2ccc(-c3ccc(N(c4ccc5c(c4)c(-c4ccccc4)c(-c4ccccc4)c4ccccc45)c4ccccc4-c4ccccc4)cc3)cc2-c2ccccc2)cc1. The zero-order chi connectivity index (χ0) is 42.0. The van der Waals surface area contributed by atoms with E-state index in [1.807, 2.05) is 0 Å². The van der Waals surface area contributed by atoms with Crippen LogP contribution in [0.25, 0.3) is 88.3 Å². The van der Waals surface area contributed by atoms with E-state index in [9.17, 15) is 0 Å². The quantitative estimate of drug-likeness (QED) is 0.131. The van der Waals surface area contributed by atoms with Gasteiger partial charge in [-0.3, -0.25) is 0 Å². The zero-order valence-electron chi connectivity index (χ0n) is 34.8. The van der Waals surface area contributed by atoms with Crippen LogP contribution in [0.5, 0.6) is 0 Å². The van der Waals surface area contributed by atoms with Crippen molar-refractivity contribution in [1.82, 2.24) is 0 Å². The Morgan fingerprint density at radius 1 is 0.206 bits per heavy atom. The van der Waals surface area contributed by atoms with Crippen molar-refractivity contribution in [3.05, 3.63) is 261 Å². The molecule has 0 N–H and O–H groups in total. The fourth-order valence-electron chi connectivity index (χ4n) is 9.34. The lowest BCUT2D eigenvalue weighted by Gasteiger charge is -2.29. The summed E-state index contributed by atoms with van der Waals surface area (Å²) in [6, 6.07) is 94.6. The number of fused-ring (bicyclic) bond motifs is 3. The van der Waals surface area contributed by atoms with Crippen molar-refractivity contribution < 1.29 is 0 Å². The molecular formula is C62H43N. The van der Waals surface area contributed by atoms with Crippen LogP contribution in [0.2, 0.25) is 0 Å². The van der Waals surface area contributed by atoms with Gasteiger partial charge < -0.3 is 4.90 Å². The molecule has 63 heavy (non-hydrogen) atoms. The fraction of sp³-hybridized carbons (Fsp3) is 0. The first-order valence-electron chi connectivity index (χ1n) is 21.7. The lowest BCUT2D eigenvalue weighted by atomic mass is 9.85. The number of hydrogen-bond acceptors (Lipinski definition) is 1. The molecule has 0 saturated carbocycles. The van der Waals surface area contributed by atoms with Gasteiger partial charge in [-0.2, -0.15) is 0 Å². The highest BCUT2D eigenvalue weighted by Gasteiger charge is 2.22. The Hall–Kier alpha value is -8.26. The monoisotopic (exact) mass is 801 g/mol. The van der Waals surface area contributed by atoms with Gasteiger partial charge in [-0.1, -0.05) is 224 Å². The topological polar surface area (TPSA) is 3.24 Å². The second-order valence-electron chi connectivity index (χ2n) is 16.0. The number of anilines is 3. The summed E-state index contributed by atoms with van der Waals surface area (Å²) >= 11 is 0. The molecule has 11 rings (SSSR count). The molecule has 0 aliphatic rings. The smallest absolute Gasteiger partial charge is 0.0540 e. The summed E-state index contributed by atoms with van der Waals surface area (Å²) in [7, 11) is 0. The average molecular weight is 802 g/mol. The summed E-state index contributed by atoms with van der Waals surface area (Å²) < 4.78 is 0. The molecule has 1 heteroatoms. The highest BCUT2D eigenvalue weighted by atomic mass is 15.1. The highest BCUT2D eigenvalue weighted by Crippen LogP contribution is 2.48. The molecule has 296 valence electrons. The van der Waals surface area contributed by atoms with Crippen molar-refractivity contribution >= 4 is 38.6 Å². The van der Waals surface area contributed by atoms with Crippen LogP contribution in [0, 0.1) is 0 Å². The van der Waals surface area contributed by atoms with Crippen molar-refractivity contribution in [3.63, 3.8) is 0 Å². The number of rotatable bonds is 9. The molecule has 0 spiro atoms. The summed E-state index contributed by atoms with van der Waals surface area (Å²) in [5.74, 6) is 0. The summed E-state index contributed by atoms with van der Waals surface area (Å²) in [5, 5.41) is 4.93. The van der Waals surface area contributed by atoms with Gasteiger partial charge in [0.25, 0.3) is 0 Å². The van der Waals surface area contributed by atoms with Crippen molar-refractivity contribution in [2.45, 2.75) is 0 Å². The third-order valence-corrected chi connectivity index (χ3v) is 12.3. The molecule has 0 heterocycles. The van der Waals surface area contributed by atoms with Crippen LogP contribution in [0.15, 0.2) is 261 Å². The van der Waals surface area contributed by atoms with Gasteiger partial charge in [0.2, 0.25) is 0 Å². The van der Waals surface area contributed by atoms with Crippen LogP contribution in [0.3, 0.4) is 0 Å². The summed E-state index contributed by atoms with van der Waals surface area (Å²) in [4.78, 5) is 2.44. The average Bonchev–Trinajstić information content (AvgIpc) is 3.37. The van der Waals surface area contributed by atoms with Crippen LogP contribution >= 0.6 is 0 Å². The van der Waals surface area contributed by atoms with Gasteiger partial charge in [0, 0.05) is 16.9 Å². The molecule has 0 saturated heterocycles. The van der Waals surface area contributed by atoms with Crippen LogP contribution in [0.1, 0.15) is 0 Å². The number of hydrogen-bond donors (Lipinski definition) is 0. The molecule has 0 aliphatic heterocycles. The third kappa shape index (κ3) is 7.16. The van der Waals surface area contributed by atoms with E-state index in [1.165, 1.54) is 77.2 Å². The molecule has 1 nitrogen and oxygen atoms in total. The molecule has 11 aromatic carbocycles. The largest absolute Gasteiger partial charge is 0.310 e. The van der Waals surface area contributed by atoms with Crippen molar-refractivity contribution in [3.8, 4) is 66.8 Å². The van der Waals surface area contributed by atoms with E-state index in [4.69, 9.17) is 0 Å². The van der Waals surface area contributed by atoms with Gasteiger partial charge >= 0.3 is 0 Å². The minimum absolute atomic E-state index is 1.08. The zero-order valence-corrected chi connectivity index (χ0v) is 34.8. The summed E-state index contributed by atoms with van der Waals surface area (Å²) in [5.41, 5.74) is 17.7. The number of para-hydroxylation sites is 1. The Kier molecular flexibility index (Phi) is 9.97. The summed E-state index contributed by atoms with van der Waals surface area (Å²) in [6.45, 7) is 0. The standard InChI is InChI=1S/C62H43N/c1-6-20-45(21-7-1)53-40-36-50(42-58(53)47-24-10-3-11-25-47)44-34-37-51(38-35-44)63(60-33-19-18-30-54(60)46-22-8-2-9-23-46)52-39-41-56-55-31-16-17-32-57(55)61(48-26-12-4-13-27-48)62(59(56)43-52)49-28-14-5-15-29-49/h1-43H. The molecule has 0 aliphatic carbocycles. The lowest BCUT2D eigenvalue weighted by Crippen LogP contribution is -2.11. The van der Waals surface area contributed by atoms with E-state index < -0.39 is 0 Å². The van der Waals surface area contributed by atoms with Crippen LogP contribution in [0.4, 0.5) is 17.1 Å². The van der Waals surface area contributed by atoms with Crippen molar-refractivity contribution in [2.24, 2.45) is 0 Å². The Balaban J connectivity index is 1.12. The second kappa shape index (κ2) is 16.7. The first kappa shape index (κ1) is 37.7. The van der Waals surface area contributed by atoms with E-state index in [1.54, 1.807) is 0 Å². The molecule has 0 fully saturated rings. The van der Waals surface area contributed by atoms with E-state index in [-0.39, 0.29) is 0 Å². The van der Waals surface area contributed by atoms with Gasteiger partial charge in [-0.05, 0) is 119 Å². The van der Waals surface area contributed by atoms with E-state index in [0.29, 0.717) is 0 Å². The highest BCUT2D eigenvalue weighted by molar-refractivity contribution is 6.22. The summed E-state index contributed by atoms with van der Waals surface area (Å²) in [6.07, 6.45) is 0. The van der Waals surface area contributed by atoms with Gasteiger partial charge in [-0.25, -0.2) is 0 Å². The molecular weight excluding hydrogens is 759 g/mol. The first-order valence-corrected chi connectivity index (χ1v) is 21.7. The molecule has 0 unspecified atom stereocenters. The second-order valence-corrected chi connectivity index (χ2v) is 16.0. The molecule has 11 aromatic rings. The maximum absolute atomic E-state index is 2.44. The van der Waals surface area contributed by atoms with Crippen LogP contribution < -0.4 is 4.90 Å². The molecule has 0 radical (unpaired) electrons. The van der Waals surface area contributed by atoms with Gasteiger partial charge in [0.15, 0.2) is 0 Å². The number of nitrogens with zero attached hydrogens (tertiary/aromatic N) is 1. The Labute approximate surface area is 369 Å². The lowest BCUT2D eigenvalue weighted by molar-refractivity contribution is 1.29. The maximum Gasteiger partial charge on any atom is 0.0540 e. The van der Waals surface area contributed by atoms with Gasteiger partial charge in [-0.15, -0.1) is 0 Å². The van der Waals surface area contributed by atoms with Gasteiger partial charge in [0.1, 0.15) is 0 Å². The Morgan fingerprint density at radius 2 is 0.635 bits per heavy atom. The normalized spacial score (nSPS) is 11.2. The van der Waals surface area contributed by atoms with E-state index in [0.717, 1.165) is 28.2 Å². The van der Waals surface area contributed by atoms with Crippen molar-refractivity contribution in [2.75, 3.05) is 4.90 Å². The first-order chi connectivity index (χ1) is 31.3. The van der Waals surface area contributed by atoms with Crippen LogP contribution in [-0.4, -0.2) is 0 Å². The predicted molar refractivity (Wildman–Crippen MR) is 269 cm³/mol. The molecule has 0 aromatic heterocycles. The van der Waals surface area contributed by atoms with E-state index in [2.05, 4.69) is 266 Å². The van der Waals surface area contributed by atoms with E-state index >= 15 is 0 Å². The minimum Gasteiger partial charge on any atom is -0.310 e. The fourth-order valence-corrected chi connectivity index (χ4v) is 9.34.